The first-order valence-corrected chi connectivity index (χ1v) is 5.14. The number of ether oxygens (including phenoxy) is 2. The van der Waals surface area contributed by atoms with Crippen LogP contribution in [0.5, 0.6) is 0 Å². The fraction of sp³-hybridized carbons (Fsp3) is 0.800. The van der Waals surface area contributed by atoms with Crippen LogP contribution in [-0.2, 0) is 14.3 Å². The molecule has 0 aliphatic carbocycles. The summed E-state index contributed by atoms with van der Waals surface area (Å²) in [6.07, 6.45) is 0.652. The van der Waals surface area contributed by atoms with Crippen LogP contribution in [-0.4, -0.2) is 38.2 Å². The molecule has 1 amide bonds. The van der Waals surface area contributed by atoms with Gasteiger partial charge in [-0.3, -0.25) is 4.79 Å². The number of rotatable bonds is 4. The summed E-state index contributed by atoms with van der Waals surface area (Å²) >= 11 is 0. The maximum absolute atomic E-state index is 11.6. The van der Waals surface area contributed by atoms with Gasteiger partial charge in [0.25, 0.3) is 0 Å². The Morgan fingerprint density at radius 2 is 2.33 bits per heavy atom. The van der Waals surface area contributed by atoms with Crippen molar-refractivity contribution < 1.29 is 19.1 Å². The topological polar surface area (TPSA) is 64.6 Å². The molecule has 1 fully saturated rings. The van der Waals surface area contributed by atoms with E-state index in [0.29, 0.717) is 19.6 Å². The number of Topliss-reactive ketones (excluding diaryl/α,β-unsaturated/α-hetero) is 1. The highest BCUT2D eigenvalue weighted by Gasteiger charge is 2.31. The van der Waals surface area contributed by atoms with Gasteiger partial charge in [-0.25, -0.2) is 4.79 Å². The van der Waals surface area contributed by atoms with Crippen molar-refractivity contribution in [3.8, 4) is 0 Å². The Morgan fingerprint density at radius 1 is 1.60 bits per heavy atom. The van der Waals surface area contributed by atoms with Crippen molar-refractivity contribution in [2.45, 2.75) is 25.8 Å². The molecule has 1 saturated heterocycles. The van der Waals surface area contributed by atoms with Crippen LogP contribution in [0, 0.1) is 5.92 Å². The Morgan fingerprint density at radius 3 is 2.80 bits per heavy atom. The molecule has 1 aliphatic rings. The third-order valence-corrected chi connectivity index (χ3v) is 2.59. The fourth-order valence-electron chi connectivity index (χ4n) is 1.68. The van der Waals surface area contributed by atoms with Crippen molar-refractivity contribution in [2.75, 3.05) is 20.3 Å². The number of hydrogen-bond acceptors (Lipinski definition) is 4. The van der Waals surface area contributed by atoms with Crippen LogP contribution in [0.1, 0.15) is 19.8 Å². The number of methoxy groups -OCH3 is 1. The molecule has 15 heavy (non-hydrogen) atoms. The molecule has 0 bridgehead atoms. The molecule has 0 saturated carbocycles. The predicted molar refractivity (Wildman–Crippen MR) is 53.6 cm³/mol. The van der Waals surface area contributed by atoms with Gasteiger partial charge in [0.15, 0.2) is 5.78 Å². The van der Waals surface area contributed by atoms with Crippen LogP contribution in [0.3, 0.4) is 0 Å². The lowest BCUT2D eigenvalue weighted by molar-refractivity contribution is -0.121. The highest BCUT2D eigenvalue weighted by molar-refractivity contribution is 5.87. The van der Waals surface area contributed by atoms with Crippen LogP contribution in [0.2, 0.25) is 0 Å². The molecule has 86 valence electrons. The molecule has 1 N–H and O–H groups in total. The van der Waals surface area contributed by atoms with Crippen molar-refractivity contribution in [3.05, 3.63) is 0 Å². The lowest BCUT2D eigenvalue weighted by Gasteiger charge is -2.21. The summed E-state index contributed by atoms with van der Waals surface area (Å²) in [6.45, 7) is 2.96. The van der Waals surface area contributed by atoms with Gasteiger partial charge in [-0.05, 0) is 6.42 Å². The van der Waals surface area contributed by atoms with Crippen LogP contribution < -0.4 is 5.32 Å². The Labute approximate surface area is 89.1 Å². The molecule has 0 aromatic rings. The average molecular weight is 215 g/mol. The Bertz CT molecular complexity index is 236. The van der Waals surface area contributed by atoms with Crippen LogP contribution in [0.15, 0.2) is 0 Å². The minimum absolute atomic E-state index is 0.0240. The van der Waals surface area contributed by atoms with Gasteiger partial charge in [0.05, 0.1) is 19.8 Å². The van der Waals surface area contributed by atoms with E-state index in [9.17, 15) is 9.59 Å². The molecule has 0 radical (unpaired) electrons. The Hall–Kier alpha value is -1.10. The van der Waals surface area contributed by atoms with Crippen molar-refractivity contribution in [2.24, 2.45) is 5.92 Å². The van der Waals surface area contributed by atoms with Crippen molar-refractivity contribution >= 4 is 11.9 Å². The molecule has 1 aliphatic heterocycles. The maximum atomic E-state index is 11.6. The third-order valence-electron chi connectivity index (χ3n) is 2.59. The fourth-order valence-corrected chi connectivity index (χ4v) is 1.68. The molecule has 0 spiro atoms. The molecule has 0 aromatic carbocycles. The molecule has 1 rings (SSSR count). The zero-order valence-corrected chi connectivity index (χ0v) is 9.12. The smallest absolute Gasteiger partial charge is 0.407 e. The van der Waals surface area contributed by atoms with Gasteiger partial charge in [0, 0.05) is 18.9 Å². The number of hydrogen-bond donors (Lipinski definition) is 1. The number of nitrogens with one attached hydrogen (secondary N) is 1. The maximum Gasteiger partial charge on any atom is 0.407 e. The van der Waals surface area contributed by atoms with Crippen LogP contribution in [0.25, 0.3) is 0 Å². The molecule has 5 nitrogen and oxygen atoms in total. The van der Waals surface area contributed by atoms with Crippen molar-refractivity contribution in [1.82, 2.24) is 5.32 Å². The number of alkyl carbamates (subject to hydrolysis) is 1. The SMILES string of the molecule is CCC(=O)[C@@H](NC(=O)OC)C1CCOC1. The quantitative estimate of drug-likeness (QED) is 0.750. The second-order valence-corrected chi connectivity index (χ2v) is 3.56. The summed E-state index contributed by atoms with van der Waals surface area (Å²) in [6, 6.07) is -0.468. The Balaban J connectivity index is 2.59. The van der Waals surface area contributed by atoms with Gasteiger partial charge in [-0.15, -0.1) is 0 Å². The first-order valence-electron chi connectivity index (χ1n) is 5.14. The van der Waals surface area contributed by atoms with Gasteiger partial charge in [0.1, 0.15) is 0 Å². The van der Waals surface area contributed by atoms with Gasteiger partial charge >= 0.3 is 6.09 Å². The minimum Gasteiger partial charge on any atom is -0.453 e. The van der Waals surface area contributed by atoms with Gasteiger partial charge in [-0.2, -0.15) is 0 Å². The summed E-state index contributed by atoms with van der Waals surface area (Å²) in [5.74, 6) is 0.104. The molecule has 1 heterocycles. The third kappa shape index (κ3) is 3.20. The van der Waals surface area contributed by atoms with E-state index in [2.05, 4.69) is 10.1 Å². The van der Waals surface area contributed by atoms with E-state index < -0.39 is 12.1 Å². The van der Waals surface area contributed by atoms with E-state index in [4.69, 9.17) is 4.74 Å². The average Bonchev–Trinajstić information content (AvgIpc) is 2.77. The summed E-state index contributed by atoms with van der Waals surface area (Å²) in [5, 5.41) is 2.57. The monoisotopic (exact) mass is 215 g/mol. The van der Waals surface area contributed by atoms with E-state index >= 15 is 0 Å². The van der Waals surface area contributed by atoms with E-state index in [-0.39, 0.29) is 11.7 Å². The molecule has 0 aromatic heterocycles. The Kier molecular flexibility index (Phi) is 4.55. The number of ketones is 1. The normalized spacial score (nSPS) is 22.1. The standard InChI is InChI=1S/C10H17NO4/c1-3-8(12)9(11-10(13)14-2)7-4-5-15-6-7/h7,9H,3-6H2,1-2H3,(H,11,13)/t7?,9-/m0/s1. The molecular weight excluding hydrogens is 198 g/mol. The molecular formula is C10H17NO4. The number of carbonyl (C=O) groups is 2. The first-order chi connectivity index (χ1) is 7.19. The van der Waals surface area contributed by atoms with E-state index in [1.165, 1.54) is 7.11 Å². The zero-order valence-electron chi connectivity index (χ0n) is 9.12. The molecule has 5 heteroatoms. The van der Waals surface area contributed by atoms with Crippen molar-refractivity contribution in [3.63, 3.8) is 0 Å². The lowest BCUT2D eigenvalue weighted by atomic mass is 9.94. The van der Waals surface area contributed by atoms with Crippen molar-refractivity contribution in [1.29, 1.82) is 0 Å². The second kappa shape index (κ2) is 5.70. The van der Waals surface area contributed by atoms with E-state index in [1.807, 2.05) is 0 Å². The second-order valence-electron chi connectivity index (χ2n) is 3.56. The van der Waals surface area contributed by atoms with E-state index in [1.54, 1.807) is 6.92 Å². The van der Waals surface area contributed by atoms with Crippen LogP contribution in [0.4, 0.5) is 4.79 Å². The zero-order chi connectivity index (χ0) is 11.3. The summed E-state index contributed by atoms with van der Waals surface area (Å²) in [7, 11) is 1.29. The van der Waals surface area contributed by atoms with Gasteiger partial charge < -0.3 is 14.8 Å². The number of carbonyl (C=O) groups excluding carboxylic acids is 2. The largest absolute Gasteiger partial charge is 0.453 e. The summed E-state index contributed by atoms with van der Waals surface area (Å²) < 4.78 is 9.70. The summed E-state index contributed by atoms with van der Waals surface area (Å²) in [4.78, 5) is 22.7. The highest BCUT2D eigenvalue weighted by atomic mass is 16.5. The van der Waals surface area contributed by atoms with Gasteiger partial charge in [0.2, 0.25) is 0 Å². The molecule has 1 unspecified atom stereocenters. The van der Waals surface area contributed by atoms with E-state index in [0.717, 1.165) is 6.42 Å². The minimum atomic E-state index is -0.561. The predicted octanol–water partition coefficient (Wildman–Crippen LogP) is 0.727. The molecule has 2 atom stereocenters. The number of amides is 1. The summed E-state index contributed by atoms with van der Waals surface area (Å²) in [5.41, 5.74) is 0. The van der Waals surface area contributed by atoms with Gasteiger partial charge in [-0.1, -0.05) is 6.92 Å². The first kappa shape index (κ1) is 12.0. The van der Waals surface area contributed by atoms with Crippen LogP contribution >= 0.6 is 0 Å². The highest BCUT2D eigenvalue weighted by Crippen LogP contribution is 2.18. The lowest BCUT2D eigenvalue weighted by Crippen LogP contribution is -2.46.